The summed E-state index contributed by atoms with van der Waals surface area (Å²) in [5.41, 5.74) is 0. The molecule has 0 spiro atoms. The molecule has 0 fully saturated rings. The van der Waals surface area contributed by atoms with Gasteiger partial charge in [0.1, 0.15) is 13.2 Å². The standard InChI is InChI=1S/C48H97N2O6P/c1-6-8-10-12-14-16-18-19-20-21-22-23-24-25-26-27-28-29-30-32-34-36-38-40-42-48(52)49-46(45-56-57(53,54)55-44-43-50(3,4)5)47(51)41-39-37-35-33-31-17-15-13-11-9-7-2/h39,41,46-47,51H,6-38,40,42-45H2,1-5H3,(H-,49,52,53,54)/p+1/b41-39+/t46-,47+/m0/s1. The summed E-state index contributed by atoms with van der Waals surface area (Å²) in [5.74, 6) is -0.174. The van der Waals surface area contributed by atoms with Crippen LogP contribution in [-0.4, -0.2) is 73.4 Å². The van der Waals surface area contributed by atoms with Crippen molar-refractivity contribution in [3.8, 4) is 0 Å². The van der Waals surface area contributed by atoms with Crippen LogP contribution in [0.5, 0.6) is 0 Å². The van der Waals surface area contributed by atoms with Gasteiger partial charge in [0, 0.05) is 6.42 Å². The summed E-state index contributed by atoms with van der Waals surface area (Å²) in [6, 6.07) is -0.839. The summed E-state index contributed by atoms with van der Waals surface area (Å²) >= 11 is 0. The molecule has 1 unspecified atom stereocenters. The zero-order valence-electron chi connectivity index (χ0n) is 38.6. The smallest absolute Gasteiger partial charge is 0.387 e. The number of unbranched alkanes of at least 4 members (excludes halogenated alkanes) is 32. The third-order valence-corrected chi connectivity index (χ3v) is 12.2. The molecule has 9 heteroatoms. The van der Waals surface area contributed by atoms with E-state index < -0.39 is 20.0 Å². The lowest BCUT2D eigenvalue weighted by atomic mass is 10.0. The lowest BCUT2D eigenvalue weighted by Gasteiger charge is -2.25. The molecular formula is C48H98N2O6P+. The topological polar surface area (TPSA) is 105 Å². The minimum atomic E-state index is -4.33. The third-order valence-electron chi connectivity index (χ3n) is 11.3. The molecule has 0 aliphatic heterocycles. The number of hydrogen-bond acceptors (Lipinski definition) is 5. The van der Waals surface area contributed by atoms with Gasteiger partial charge in [0.25, 0.3) is 0 Å². The number of phosphoric ester groups is 1. The van der Waals surface area contributed by atoms with Gasteiger partial charge in [0.2, 0.25) is 5.91 Å². The minimum absolute atomic E-state index is 0.0645. The molecule has 8 nitrogen and oxygen atoms in total. The molecule has 57 heavy (non-hydrogen) atoms. The van der Waals surface area contributed by atoms with E-state index in [2.05, 4.69) is 19.2 Å². The number of aliphatic hydroxyl groups excluding tert-OH is 1. The van der Waals surface area contributed by atoms with Gasteiger partial charge in [-0.15, -0.1) is 0 Å². The molecule has 340 valence electrons. The Morgan fingerprint density at radius 1 is 0.579 bits per heavy atom. The van der Waals surface area contributed by atoms with Crippen LogP contribution in [0.2, 0.25) is 0 Å². The highest BCUT2D eigenvalue weighted by atomic mass is 31.2. The van der Waals surface area contributed by atoms with Gasteiger partial charge in [-0.05, 0) is 19.3 Å². The van der Waals surface area contributed by atoms with Crippen LogP contribution in [0.3, 0.4) is 0 Å². The van der Waals surface area contributed by atoms with Crippen molar-refractivity contribution in [1.82, 2.24) is 5.32 Å². The van der Waals surface area contributed by atoms with Crippen LogP contribution < -0.4 is 5.32 Å². The Kier molecular flexibility index (Phi) is 40.1. The van der Waals surface area contributed by atoms with E-state index in [1.807, 2.05) is 27.2 Å². The van der Waals surface area contributed by atoms with Gasteiger partial charge < -0.3 is 19.8 Å². The first-order valence-corrected chi connectivity index (χ1v) is 26.1. The Labute approximate surface area is 354 Å². The number of nitrogens with zero attached hydrogens (tertiary/aromatic N) is 1. The molecule has 0 aliphatic rings. The summed E-state index contributed by atoms with van der Waals surface area (Å²) in [4.78, 5) is 23.1. The van der Waals surface area contributed by atoms with Gasteiger partial charge in [-0.3, -0.25) is 13.8 Å². The van der Waals surface area contributed by atoms with Gasteiger partial charge in [0.05, 0.1) is 39.9 Å². The van der Waals surface area contributed by atoms with Crippen LogP contribution in [0.25, 0.3) is 0 Å². The van der Waals surface area contributed by atoms with Gasteiger partial charge >= 0.3 is 7.82 Å². The van der Waals surface area contributed by atoms with Crippen molar-refractivity contribution < 1.29 is 32.9 Å². The summed E-state index contributed by atoms with van der Waals surface area (Å²) in [7, 11) is 1.58. The number of hydrogen-bond donors (Lipinski definition) is 3. The first kappa shape index (κ1) is 56.2. The van der Waals surface area contributed by atoms with Crippen molar-refractivity contribution >= 4 is 13.7 Å². The number of allylic oxidation sites excluding steroid dienone is 1. The van der Waals surface area contributed by atoms with E-state index in [-0.39, 0.29) is 19.1 Å². The molecule has 1 amide bonds. The second kappa shape index (κ2) is 40.6. The molecule has 0 aromatic carbocycles. The summed E-state index contributed by atoms with van der Waals surface area (Å²) in [6.07, 6.45) is 47.2. The monoisotopic (exact) mass is 830 g/mol. The molecule has 0 bridgehead atoms. The number of quaternary nitrogens is 1. The van der Waals surface area contributed by atoms with Crippen LogP contribution >= 0.6 is 7.82 Å². The number of likely N-dealkylation sites (N-methyl/N-ethyl adjacent to an activating group) is 1. The van der Waals surface area contributed by atoms with E-state index in [1.165, 1.54) is 180 Å². The van der Waals surface area contributed by atoms with Gasteiger partial charge in [-0.2, -0.15) is 0 Å². The highest BCUT2D eigenvalue weighted by molar-refractivity contribution is 7.47. The molecule has 0 saturated heterocycles. The zero-order valence-corrected chi connectivity index (χ0v) is 39.5. The maximum Gasteiger partial charge on any atom is 0.472 e. The van der Waals surface area contributed by atoms with E-state index in [0.29, 0.717) is 17.4 Å². The SMILES string of the molecule is CCCCCCCCCCC/C=C/[C@@H](O)[C@H](COP(=O)(O)OCC[N+](C)(C)C)NC(=O)CCCCCCCCCCCCCCCCCCCCCCCCCC. The first-order valence-electron chi connectivity index (χ1n) is 24.6. The van der Waals surface area contributed by atoms with Gasteiger partial charge in [-0.1, -0.05) is 225 Å². The van der Waals surface area contributed by atoms with E-state index in [4.69, 9.17) is 9.05 Å². The molecule has 0 rings (SSSR count). The van der Waals surface area contributed by atoms with Crippen LogP contribution in [-0.2, 0) is 18.4 Å². The van der Waals surface area contributed by atoms with Crippen molar-refractivity contribution in [2.45, 2.75) is 251 Å². The van der Waals surface area contributed by atoms with E-state index >= 15 is 0 Å². The largest absolute Gasteiger partial charge is 0.472 e. The fourth-order valence-electron chi connectivity index (χ4n) is 7.34. The number of carbonyl (C=O) groups is 1. The number of nitrogens with one attached hydrogen (secondary N) is 1. The molecule has 3 atom stereocenters. The van der Waals surface area contributed by atoms with Crippen LogP contribution in [0.4, 0.5) is 0 Å². The molecule has 0 aromatic heterocycles. The molecule has 0 aliphatic carbocycles. The van der Waals surface area contributed by atoms with Gasteiger partial charge in [0.15, 0.2) is 0 Å². The molecule has 0 saturated carbocycles. The Balaban J connectivity index is 4.15. The van der Waals surface area contributed by atoms with Crippen molar-refractivity contribution in [3.63, 3.8) is 0 Å². The van der Waals surface area contributed by atoms with Crippen LogP contribution in [0, 0.1) is 0 Å². The van der Waals surface area contributed by atoms with Crippen molar-refractivity contribution in [2.24, 2.45) is 0 Å². The Morgan fingerprint density at radius 2 is 0.930 bits per heavy atom. The quantitative estimate of drug-likeness (QED) is 0.0244. The van der Waals surface area contributed by atoms with E-state index in [0.717, 1.165) is 38.5 Å². The minimum Gasteiger partial charge on any atom is -0.387 e. The van der Waals surface area contributed by atoms with Gasteiger partial charge in [-0.25, -0.2) is 4.57 Å². The predicted octanol–water partition coefficient (Wildman–Crippen LogP) is 13.9. The summed E-state index contributed by atoms with van der Waals surface area (Å²) in [6.45, 7) is 4.82. The number of phosphoric acid groups is 1. The third kappa shape index (κ3) is 43.1. The van der Waals surface area contributed by atoms with Crippen molar-refractivity contribution in [3.05, 3.63) is 12.2 Å². The lowest BCUT2D eigenvalue weighted by molar-refractivity contribution is -0.870. The molecule has 0 radical (unpaired) electrons. The normalized spacial score (nSPS) is 14.3. The zero-order chi connectivity index (χ0) is 42.1. The molecule has 3 N–H and O–H groups in total. The maximum atomic E-state index is 12.9. The Bertz CT molecular complexity index is 942. The van der Waals surface area contributed by atoms with Crippen LogP contribution in [0.1, 0.15) is 239 Å². The lowest BCUT2D eigenvalue weighted by Crippen LogP contribution is -2.45. The second-order valence-electron chi connectivity index (χ2n) is 18.2. The van der Waals surface area contributed by atoms with E-state index in [1.54, 1.807) is 6.08 Å². The number of aliphatic hydroxyl groups is 1. The van der Waals surface area contributed by atoms with E-state index in [9.17, 15) is 19.4 Å². The number of rotatable bonds is 45. The maximum absolute atomic E-state index is 12.9. The highest BCUT2D eigenvalue weighted by Crippen LogP contribution is 2.43. The fraction of sp³-hybridized carbons (Fsp3) is 0.938. The summed E-state index contributed by atoms with van der Waals surface area (Å²) < 4.78 is 23.6. The second-order valence-corrected chi connectivity index (χ2v) is 19.7. The fourth-order valence-corrected chi connectivity index (χ4v) is 8.07. The van der Waals surface area contributed by atoms with Crippen molar-refractivity contribution in [2.75, 3.05) is 40.9 Å². The highest BCUT2D eigenvalue weighted by Gasteiger charge is 2.27. The predicted molar refractivity (Wildman–Crippen MR) is 245 cm³/mol. The van der Waals surface area contributed by atoms with Crippen molar-refractivity contribution in [1.29, 1.82) is 0 Å². The van der Waals surface area contributed by atoms with Crippen LogP contribution in [0.15, 0.2) is 12.2 Å². The average Bonchev–Trinajstić information content (AvgIpc) is 3.16. The first-order chi connectivity index (χ1) is 27.5. The molecule has 0 aromatic rings. The summed E-state index contributed by atoms with van der Waals surface area (Å²) in [5, 5.41) is 13.8. The average molecular weight is 830 g/mol. The Hall–Kier alpha value is -0.760. The number of amides is 1. The molecular weight excluding hydrogens is 732 g/mol. The number of carbonyl (C=O) groups excluding carboxylic acids is 1. The Morgan fingerprint density at radius 3 is 1.30 bits per heavy atom. The molecule has 0 heterocycles.